The zero-order valence-corrected chi connectivity index (χ0v) is 15.5. The van der Waals surface area contributed by atoms with Crippen LogP contribution in [0, 0.1) is 5.82 Å². The molecule has 0 fully saturated rings. The lowest BCUT2D eigenvalue weighted by Crippen LogP contribution is -2.17. The van der Waals surface area contributed by atoms with E-state index in [1.807, 2.05) is 6.07 Å². The summed E-state index contributed by atoms with van der Waals surface area (Å²) in [7, 11) is -0.967. The van der Waals surface area contributed by atoms with Gasteiger partial charge in [-0.05, 0) is 23.3 Å². The number of para-hydroxylation sites is 1. The fraction of sp³-hybridized carbons (Fsp3) is 0.167. The number of ether oxygens (including phenoxy) is 2. The predicted molar refractivity (Wildman–Crippen MR) is 97.2 cm³/mol. The molecule has 3 rings (SSSR count). The molecule has 2 aromatic carbocycles. The average molecular weight is 391 g/mol. The maximum atomic E-state index is 13.5. The van der Waals surface area contributed by atoms with Crippen LogP contribution in [-0.4, -0.2) is 32.4 Å². The Morgan fingerprint density at radius 1 is 1.15 bits per heavy atom. The third-order valence-electron chi connectivity index (χ3n) is 4.04. The number of halogens is 1. The van der Waals surface area contributed by atoms with E-state index < -0.39 is 15.8 Å². The molecule has 1 heterocycles. The second kappa shape index (κ2) is 7.37. The third-order valence-corrected chi connectivity index (χ3v) is 4.99. The Morgan fingerprint density at radius 3 is 2.52 bits per heavy atom. The van der Waals surface area contributed by atoms with E-state index in [2.05, 4.69) is 5.10 Å². The molecule has 2 N–H and O–H groups in total. The summed E-state index contributed by atoms with van der Waals surface area (Å²) in [6, 6.07) is 9.98. The molecular weight excluding hydrogens is 373 g/mol. The Kier molecular flexibility index (Phi) is 5.15. The van der Waals surface area contributed by atoms with Crippen molar-refractivity contribution in [1.29, 1.82) is 0 Å². The number of sulfonamides is 1. The summed E-state index contributed by atoms with van der Waals surface area (Å²) in [6.45, 7) is 0. The molecule has 0 spiro atoms. The van der Waals surface area contributed by atoms with Gasteiger partial charge in [0.25, 0.3) is 0 Å². The van der Waals surface area contributed by atoms with Crippen molar-refractivity contribution in [3.05, 3.63) is 65.7 Å². The predicted octanol–water partition coefficient (Wildman–Crippen LogP) is 2.27. The van der Waals surface area contributed by atoms with Crippen LogP contribution >= 0.6 is 0 Å². The van der Waals surface area contributed by atoms with Crippen LogP contribution in [0.2, 0.25) is 0 Å². The highest BCUT2D eigenvalue weighted by Gasteiger charge is 2.21. The van der Waals surface area contributed by atoms with E-state index in [9.17, 15) is 12.8 Å². The highest BCUT2D eigenvalue weighted by molar-refractivity contribution is 7.89. The quantitative estimate of drug-likeness (QED) is 0.695. The highest BCUT2D eigenvalue weighted by atomic mass is 32.2. The summed E-state index contributed by atoms with van der Waals surface area (Å²) >= 11 is 0. The van der Waals surface area contributed by atoms with Gasteiger partial charge in [-0.2, -0.15) is 5.10 Å². The van der Waals surface area contributed by atoms with E-state index in [4.69, 9.17) is 14.6 Å². The molecule has 0 atom stereocenters. The summed E-state index contributed by atoms with van der Waals surface area (Å²) in [4.78, 5) is -0.143. The van der Waals surface area contributed by atoms with Gasteiger partial charge >= 0.3 is 0 Å². The second-order valence-electron chi connectivity index (χ2n) is 5.77. The van der Waals surface area contributed by atoms with Gasteiger partial charge in [-0.25, -0.2) is 22.6 Å². The number of aromatic nitrogens is 2. The molecule has 0 aliphatic heterocycles. The normalized spacial score (nSPS) is 11.4. The topological polar surface area (TPSA) is 96.4 Å². The molecule has 0 bridgehead atoms. The number of rotatable bonds is 6. The highest BCUT2D eigenvalue weighted by Crippen LogP contribution is 2.30. The van der Waals surface area contributed by atoms with E-state index in [1.54, 1.807) is 31.4 Å². The van der Waals surface area contributed by atoms with Crippen LogP contribution < -0.4 is 14.6 Å². The summed E-state index contributed by atoms with van der Waals surface area (Å²) in [5.74, 6) is 0.614. The molecule has 1 aromatic heterocycles. The number of methoxy groups -OCH3 is 2. The number of benzene rings is 2. The lowest BCUT2D eigenvalue weighted by molar-refractivity contribution is 0.391. The van der Waals surface area contributed by atoms with Crippen LogP contribution in [0.4, 0.5) is 4.39 Å². The Morgan fingerprint density at radius 2 is 1.93 bits per heavy atom. The van der Waals surface area contributed by atoms with Gasteiger partial charge in [0.2, 0.25) is 10.0 Å². The molecule has 0 aliphatic carbocycles. The Bertz CT molecular complexity index is 1080. The molecule has 0 aliphatic rings. The Hall–Kier alpha value is -2.91. The molecule has 9 heteroatoms. The minimum absolute atomic E-state index is 0.143. The molecule has 142 valence electrons. The molecule has 3 aromatic rings. The van der Waals surface area contributed by atoms with Gasteiger partial charge in [0.1, 0.15) is 16.4 Å². The zero-order valence-electron chi connectivity index (χ0n) is 14.7. The van der Waals surface area contributed by atoms with Crippen molar-refractivity contribution >= 4 is 10.0 Å². The first-order chi connectivity index (χ1) is 12.8. The van der Waals surface area contributed by atoms with Crippen LogP contribution in [0.15, 0.2) is 53.7 Å². The lowest BCUT2D eigenvalue weighted by Gasteiger charge is -2.15. The smallest absolute Gasteiger partial charge is 0.240 e. The van der Waals surface area contributed by atoms with Gasteiger partial charge in [-0.15, -0.1) is 0 Å². The van der Waals surface area contributed by atoms with Gasteiger partial charge < -0.3 is 9.47 Å². The van der Waals surface area contributed by atoms with Gasteiger partial charge in [-0.3, -0.25) is 0 Å². The molecule has 0 saturated carbocycles. The van der Waals surface area contributed by atoms with E-state index in [-0.39, 0.29) is 10.6 Å². The van der Waals surface area contributed by atoms with Crippen molar-refractivity contribution in [1.82, 2.24) is 9.78 Å². The van der Waals surface area contributed by atoms with Gasteiger partial charge in [0, 0.05) is 12.5 Å². The minimum Gasteiger partial charge on any atom is -0.497 e. The average Bonchev–Trinajstić information content (AvgIpc) is 3.07. The van der Waals surface area contributed by atoms with Crippen LogP contribution in [-0.2, 0) is 16.4 Å². The van der Waals surface area contributed by atoms with E-state index in [0.717, 1.165) is 18.0 Å². The van der Waals surface area contributed by atoms with E-state index >= 15 is 0 Å². The molecule has 0 unspecified atom stereocenters. The minimum atomic E-state index is -4.05. The number of hydrogen-bond donors (Lipinski definition) is 1. The molecule has 27 heavy (non-hydrogen) atoms. The molecule has 0 amide bonds. The first kappa shape index (κ1) is 18.9. The first-order valence-electron chi connectivity index (χ1n) is 7.89. The third kappa shape index (κ3) is 3.93. The van der Waals surface area contributed by atoms with Crippen molar-refractivity contribution in [3.8, 4) is 17.2 Å². The fourth-order valence-electron chi connectivity index (χ4n) is 2.83. The standard InChI is InChI=1S/C18H18FN3O4S/c1-25-15-7-6-12(16(9-15)26-2)8-13-4-3-5-17(27(20,23)24)18(13)22-11-14(19)10-21-22/h3-7,9-11H,8H2,1-2H3,(H2,20,23,24). The van der Waals surface area contributed by atoms with Crippen LogP contribution in [0.3, 0.4) is 0 Å². The number of hydrogen-bond acceptors (Lipinski definition) is 5. The van der Waals surface area contributed by atoms with Crippen molar-refractivity contribution in [2.75, 3.05) is 14.2 Å². The van der Waals surface area contributed by atoms with Gasteiger partial charge in [-0.1, -0.05) is 18.2 Å². The van der Waals surface area contributed by atoms with E-state index in [1.165, 1.54) is 17.9 Å². The largest absolute Gasteiger partial charge is 0.497 e. The van der Waals surface area contributed by atoms with Gasteiger partial charge in [0.15, 0.2) is 5.82 Å². The second-order valence-corrected chi connectivity index (χ2v) is 7.30. The van der Waals surface area contributed by atoms with E-state index in [0.29, 0.717) is 23.5 Å². The monoisotopic (exact) mass is 391 g/mol. The van der Waals surface area contributed by atoms with Crippen LogP contribution in [0.1, 0.15) is 11.1 Å². The molecule has 7 nitrogen and oxygen atoms in total. The van der Waals surface area contributed by atoms with Crippen LogP contribution in [0.25, 0.3) is 5.69 Å². The lowest BCUT2D eigenvalue weighted by atomic mass is 10.0. The summed E-state index contributed by atoms with van der Waals surface area (Å²) in [5, 5.41) is 9.26. The summed E-state index contributed by atoms with van der Waals surface area (Å²) in [6.07, 6.45) is 2.41. The zero-order chi connectivity index (χ0) is 19.6. The van der Waals surface area contributed by atoms with Crippen LogP contribution in [0.5, 0.6) is 11.5 Å². The maximum absolute atomic E-state index is 13.5. The van der Waals surface area contributed by atoms with Gasteiger partial charge in [0.05, 0.1) is 32.3 Å². The first-order valence-corrected chi connectivity index (χ1v) is 9.44. The van der Waals surface area contributed by atoms with Crippen molar-refractivity contribution < 1.29 is 22.3 Å². The van der Waals surface area contributed by atoms with Crippen molar-refractivity contribution in [3.63, 3.8) is 0 Å². The summed E-state index contributed by atoms with van der Waals surface area (Å²) in [5.41, 5.74) is 1.58. The number of nitrogens with two attached hydrogens (primary N) is 1. The summed E-state index contributed by atoms with van der Waals surface area (Å²) < 4.78 is 49.4. The SMILES string of the molecule is COc1ccc(Cc2cccc(S(N)(=O)=O)c2-n2cc(F)cn2)c(OC)c1. The molecule has 0 radical (unpaired) electrons. The Balaban J connectivity index is 2.17. The Labute approximate surface area is 156 Å². The number of nitrogens with zero attached hydrogens (tertiary/aromatic N) is 2. The molecular formula is C18H18FN3O4S. The number of primary sulfonamides is 1. The van der Waals surface area contributed by atoms with Crippen molar-refractivity contribution in [2.45, 2.75) is 11.3 Å². The fourth-order valence-corrected chi connectivity index (χ4v) is 3.59. The van der Waals surface area contributed by atoms with Crippen molar-refractivity contribution in [2.24, 2.45) is 5.14 Å². The maximum Gasteiger partial charge on any atom is 0.240 e. The molecule has 0 saturated heterocycles.